The molecule has 0 aliphatic rings. The molecule has 0 aliphatic carbocycles. The Morgan fingerprint density at radius 3 is 2.37 bits per heavy atom. The maximum Gasteiger partial charge on any atom is 0.419 e. The number of benzene rings is 1. The Kier molecular flexibility index (Phi) is 6.29. The van der Waals surface area contributed by atoms with E-state index in [2.05, 4.69) is 4.98 Å². The molecule has 0 radical (unpaired) electrons. The minimum atomic E-state index is -4.71. The van der Waals surface area contributed by atoms with Crippen LogP contribution in [0.1, 0.15) is 6.92 Å². The normalized spacial score (nSPS) is 10.8. The molecule has 146 valence electrons. The number of primary amides is 1. The highest BCUT2D eigenvalue weighted by atomic mass is 32.2. The Morgan fingerprint density at radius 2 is 1.81 bits per heavy atom. The summed E-state index contributed by atoms with van der Waals surface area (Å²) in [5, 5.41) is 0. The third-order valence-corrected chi connectivity index (χ3v) is 4.39. The summed E-state index contributed by atoms with van der Waals surface area (Å²) in [5.41, 5.74) is 5.26. The zero-order valence-electron chi connectivity index (χ0n) is 14.9. The largest absolute Gasteiger partial charge is 0.496 e. The van der Waals surface area contributed by atoms with Gasteiger partial charge in [0.2, 0.25) is 5.88 Å². The highest BCUT2D eigenvalue weighted by Gasteiger charge is 2.33. The zero-order chi connectivity index (χ0) is 20.0. The third-order valence-electron chi connectivity index (χ3n) is 3.18. The summed E-state index contributed by atoms with van der Waals surface area (Å²) in [6, 6.07) is 7.37. The quantitative estimate of drug-likeness (QED) is 0.712. The molecule has 0 aliphatic heterocycles. The summed E-state index contributed by atoms with van der Waals surface area (Å²) in [6.07, 6.45) is 0. The molecule has 0 fully saturated rings. The fourth-order valence-electron chi connectivity index (χ4n) is 2.08. The number of methoxy groups -OCH3 is 2. The fraction of sp³-hybridized carbons (Fsp3) is 0.250. The van der Waals surface area contributed by atoms with Gasteiger partial charge in [0.05, 0.1) is 20.8 Å². The van der Waals surface area contributed by atoms with E-state index < -0.39 is 16.3 Å². The van der Waals surface area contributed by atoms with Crippen molar-refractivity contribution in [3.8, 4) is 23.1 Å². The number of nitrogens with zero attached hydrogens (tertiary/aromatic N) is 2. The van der Waals surface area contributed by atoms with Gasteiger partial charge < -0.3 is 24.1 Å². The summed E-state index contributed by atoms with van der Waals surface area (Å²) in [6.45, 7) is 2.02. The molecule has 0 saturated heterocycles. The van der Waals surface area contributed by atoms with Crippen LogP contribution >= 0.6 is 0 Å². The fourth-order valence-corrected chi connectivity index (χ4v) is 3.06. The minimum Gasteiger partial charge on any atom is -0.496 e. The maximum absolute atomic E-state index is 12.7. The van der Waals surface area contributed by atoms with E-state index in [1.807, 2.05) is 0 Å². The summed E-state index contributed by atoms with van der Waals surface area (Å²) in [7, 11) is -2.03. The van der Waals surface area contributed by atoms with Crippen molar-refractivity contribution in [2.75, 3.05) is 25.1 Å². The number of nitrogens with two attached hydrogens (primary N) is 1. The van der Waals surface area contributed by atoms with Gasteiger partial charge in [-0.3, -0.25) is 0 Å². The Morgan fingerprint density at radius 1 is 1.15 bits per heavy atom. The smallest absolute Gasteiger partial charge is 0.419 e. The number of urea groups is 1. The molecule has 1 heterocycles. The average Bonchev–Trinajstić information content (AvgIpc) is 2.62. The van der Waals surface area contributed by atoms with Crippen molar-refractivity contribution < 1.29 is 31.6 Å². The monoisotopic (exact) mass is 397 g/mol. The Balaban J connectivity index is 2.49. The molecule has 11 heteroatoms. The number of aromatic nitrogens is 1. The van der Waals surface area contributed by atoms with Gasteiger partial charge in [0, 0.05) is 12.1 Å². The van der Waals surface area contributed by atoms with Crippen LogP contribution in [-0.4, -0.2) is 40.3 Å². The van der Waals surface area contributed by atoms with Crippen LogP contribution in [0.4, 0.5) is 10.6 Å². The van der Waals surface area contributed by atoms with Gasteiger partial charge in [-0.25, -0.2) is 4.79 Å². The lowest BCUT2D eigenvalue weighted by Crippen LogP contribution is -2.43. The van der Waals surface area contributed by atoms with E-state index >= 15 is 0 Å². The standard InChI is InChI=1S/C16H19N3O7S/c1-4-25-12-7-5-6-8-13(12)26-27(21,22)19(16(17)20)14-9-11(23-2)10-15(18-14)24-3/h5-10H,4H2,1-3H3,(H2,17,20). The van der Waals surface area contributed by atoms with Crippen molar-refractivity contribution >= 4 is 22.2 Å². The predicted octanol–water partition coefficient (Wildman–Crippen LogP) is 1.71. The molecule has 0 saturated carbocycles. The van der Waals surface area contributed by atoms with Crippen LogP contribution in [0.5, 0.6) is 23.1 Å². The number of carbonyl (C=O) groups excluding carboxylic acids is 1. The maximum atomic E-state index is 12.7. The molecule has 2 N–H and O–H groups in total. The Bertz CT molecular complexity index is 896. The van der Waals surface area contributed by atoms with Gasteiger partial charge >= 0.3 is 16.3 Å². The van der Waals surface area contributed by atoms with Gasteiger partial charge in [0.25, 0.3) is 0 Å². The van der Waals surface area contributed by atoms with E-state index in [1.165, 1.54) is 38.5 Å². The highest BCUT2D eigenvalue weighted by molar-refractivity contribution is 7.89. The summed E-state index contributed by atoms with van der Waals surface area (Å²) in [5.74, 6) is -0.0641. The minimum absolute atomic E-state index is 0.0144. The number of carbonyl (C=O) groups is 1. The van der Waals surface area contributed by atoms with E-state index in [0.717, 1.165) is 0 Å². The van der Waals surface area contributed by atoms with Crippen molar-refractivity contribution in [2.24, 2.45) is 5.73 Å². The Hall–Kier alpha value is -3.21. The molecule has 0 bridgehead atoms. The topological polar surface area (TPSA) is 130 Å². The van der Waals surface area contributed by atoms with Gasteiger partial charge in [-0.15, -0.1) is 4.31 Å². The number of pyridine rings is 1. The summed E-state index contributed by atoms with van der Waals surface area (Å²) < 4.78 is 46.1. The number of amides is 2. The molecule has 10 nitrogen and oxygen atoms in total. The van der Waals surface area contributed by atoms with Gasteiger partial charge in [-0.1, -0.05) is 12.1 Å². The lowest BCUT2D eigenvalue weighted by atomic mass is 10.3. The van der Waals surface area contributed by atoms with Crippen LogP contribution in [0.15, 0.2) is 36.4 Å². The third kappa shape index (κ3) is 4.70. The Labute approximate surface area is 156 Å². The predicted molar refractivity (Wildman–Crippen MR) is 96.6 cm³/mol. The van der Waals surface area contributed by atoms with Crippen molar-refractivity contribution in [3.63, 3.8) is 0 Å². The average molecular weight is 397 g/mol. The van der Waals surface area contributed by atoms with E-state index in [9.17, 15) is 13.2 Å². The van der Waals surface area contributed by atoms with Gasteiger partial charge in [0.15, 0.2) is 17.3 Å². The molecular weight excluding hydrogens is 378 g/mol. The van der Waals surface area contributed by atoms with Crippen LogP contribution in [0.3, 0.4) is 0 Å². The van der Waals surface area contributed by atoms with Crippen LogP contribution < -0.4 is 28.4 Å². The van der Waals surface area contributed by atoms with Crippen LogP contribution in [-0.2, 0) is 10.3 Å². The molecule has 27 heavy (non-hydrogen) atoms. The molecule has 1 aromatic carbocycles. The van der Waals surface area contributed by atoms with Crippen LogP contribution in [0.2, 0.25) is 0 Å². The lowest BCUT2D eigenvalue weighted by molar-refractivity contribution is 0.256. The lowest BCUT2D eigenvalue weighted by Gasteiger charge is -2.20. The van der Waals surface area contributed by atoms with Crippen molar-refractivity contribution in [2.45, 2.75) is 6.92 Å². The van der Waals surface area contributed by atoms with E-state index in [0.29, 0.717) is 0 Å². The SMILES string of the molecule is CCOc1ccccc1OS(=O)(=O)N(C(N)=O)c1cc(OC)cc(OC)n1. The van der Waals surface area contributed by atoms with E-state index in [4.69, 9.17) is 24.1 Å². The number of ether oxygens (including phenoxy) is 3. The zero-order valence-corrected chi connectivity index (χ0v) is 15.7. The second-order valence-electron chi connectivity index (χ2n) is 4.93. The number of anilines is 1. The number of hydrogen-bond donors (Lipinski definition) is 1. The molecule has 0 atom stereocenters. The number of para-hydroxylation sites is 2. The van der Waals surface area contributed by atoms with E-state index in [-0.39, 0.29) is 39.9 Å². The first kappa shape index (κ1) is 20.1. The van der Waals surface area contributed by atoms with Gasteiger partial charge in [-0.05, 0) is 19.1 Å². The van der Waals surface area contributed by atoms with Crippen LogP contribution in [0.25, 0.3) is 0 Å². The molecule has 2 amide bonds. The second kappa shape index (κ2) is 8.45. The summed E-state index contributed by atoms with van der Waals surface area (Å²) in [4.78, 5) is 15.8. The first-order valence-electron chi connectivity index (χ1n) is 7.68. The second-order valence-corrected chi connectivity index (χ2v) is 6.32. The van der Waals surface area contributed by atoms with Gasteiger partial charge in [-0.2, -0.15) is 13.4 Å². The molecule has 1 aromatic heterocycles. The van der Waals surface area contributed by atoms with Crippen molar-refractivity contribution in [1.82, 2.24) is 4.98 Å². The molecule has 0 unspecified atom stereocenters. The van der Waals surface area contributed by atoms with Gasteiger partial charge in [0.1, 0.15) is 5.75 Å². The first-order valence-corrected chi connectivity index (χ1v) is 9.05. The summed E-state index contributed by atoms with van der Waals surface area (Å²) >= 11 is 0. The molecule has 2 rings (SSSR count). The van der Waals surface area contributed by atoms with Crippen molar-refractivity contribution in [3.05, 3.63) is 36.4 Å². The molecule has 2 aromatic rings. The van der Waals surface area contributed by atoms with Crippen molar-refractivity contribution in [1.29, 1.82) is 0 Å². The first-order chi connectivity index (χ1) is 12.8. The number of rotatable bonds is 8. The molecular formula is C16H19N3O7S. The van der Waals surface area contributed by atoms with E-state index in [1.54, 1.807) is 19.1 Å². The van der Waals surface area contributed by atoms with Crippen LogP contribution in [0, 0.1) is 0 Å². The molecule has 0 spiro atoms. The highest BCUT2D eigenvalue weighted by Crippen LogP contribution is 2.31. The number of hydrogen-bond acceptors (Lipinski definition) is 8.